The first kappa shape index (κ1) is 18.8. The van der Waals surface area contributed by atoms with Gasteiger partial charge >= 0.3 is 0 Å². The summed E-state index contributed by atoms with van der Waals surface area (Å²) in [7, 11) is 4.12. The number of unbranched alkanes of at least 4 members (excludes halogenated alkanes) is 1. The summed E-state index contributed by atoms with van der Waals surface area (Å²) in [5.74, 6) is 0.184. The zero-order valence-corrected chi connectivity index (χ0v) is 15.6. The number of nitrogens with zero attached hydrogens (tertiary/aromatic N) is 2. The Bertz CT molecular complexity index is 492. The summed E-state index contributed by atoms with van der Waals surface area (Å²) in [6.45, 7) is 5.09. The van der Waals surface area contributed by atoms with Crippen molar-refractivity contribution < 1.29 is 4.79 Å². The molecule has 1 heterocycles. The number of likely N-dealkylation sites (tertiary alicyclic amines) is 1. The van der Waals surface area contributed by atoms with Gasteiger partial charge in [0.25, 0.3) is 0 Å². The highest BCUT2D eigenvalue weighted by Crippen LogP contribution is 2.26. The van der Waals surface area contributed by atoms with Gasteiger partial charge in [-0.2, -0.15) is 0 Å². The SMILES string of the molecule is CCCCC(=O)NCC(c1ccc(N(C)C)cc1)N1CCCCC1. The van der Waals surface area contributed by atoms with Crippen molar-refractivity contribution in [2.24, 2.45) is 0 Å². The molecule has 1 aromatic carbocycles. The van der Waals surface area contributed by atoms with Gasteiger partial charge in [-0.05, 0) is 50.0 Å². The third-order valence-corrected chi connectivity index (χ3v) is 4.88. The van der Waals surface area contributed by atoms with Crippen molar-refractivity contribution in [1.29, 1.82) is 0 Å². The molecule has 1 N–H and O–H groups in total. The van der Waals surface area contributed by atoms with Crippen molar-refractivity contribution in [3.05, 3.63) is 29.8 Å². The van der Waals surface area contributed by atoms with Crippen molar-refractivity contribution in [3.63, 3.8) is 0 Å². The van der Waals surface area contributed by atoms with Gasteiger partial charge in [0.15, 0.2) is 0 Å². The van der Waals surface area contributed by atoms with Gasteiger partial charge in [-0.25, -0.2) is 0 Å². The molecule has 0 radical (unpaired) electrons. The fourth-order valence-electron chi connectivity index (χ4n) is 3.32. The van der Waals surface area contributed by atoms with E-state index in [0.717, 1.165) is 25.9 Å². The average molecular weight is 332 g/mol. The predicted octanol–water partition coefficient (Wildman–Crippen LogP) is 3.59. The second-order valence-corrected chi connectivity index (χ2v) is 7.01. The molecule has 0 aliphatic carbocycles. The van der Waals surface area contributed by atoms with Gasteiger partial charge in [0, 0.05) is 32.7 Å². The Labute approximate surface area is 147 Å². The van der Waals surface area contributed by atoms with Crippen LogP contribution in [0.4, 0.5) is 5.69 Å². The van der Waals surface area contributed by atoms with Crippen LogP contribution in [-0.4, -0.2) is 44.5 Å². The molecular weight excluding hydrogens is 298 g/mol. The van der Waals surface area contributed by atoms with E-state index in [9.17, 15) is 4.79 Å². The highest BCUT2D eigenvalue weighted by atomic mass is 16.1. The van der Waals surface area contributed by atoms with Crippen LogP contribution < -0.4 is 10.2 Å². The zero-order valence-electron chi connectivity index (χ0n) is 15.6. The Hall–Kier alpha value is -1.55. The summed E-state index contributed by atoms with van der Waals surface area (Å²) in [4.78, 5) is 16.7. The molecule has 1 unspecified atom stereocenters. The highest BCUT2D eigenvalue weighted by Gasteiger charge is 2.22. The number of nitrogens with one attached hydrogen (secondary N) is 1. The molecule has 1 saturated heterocycles. The molecule has 0 spiro atoms. The topological polar surface area (TPSA) is 35.6 Å². The number of carbonyl (C=O) groups excluding carboxylic acids is 1. The lowest BCUT2D eigenvalue weighted by Crippen LogP contribution is -2.40. The number of piperidine rings is 1. The minimum Gasteiger partial charge on any atom is -0.378 e. The molecule has 1 atom stereocenters. The number of anilines is 1. The van der Waals surface area contributed by atoms with Gasteiger partial charge in [0.2, 0.25) is 5.91 Å². The molecule has 1 aliphatic heterocycles. The Morgan fingerprint density at radius 3 is 2.42 bits per heavy atom. The number of amides is 1. The predicted molar refractivity (Wildman–Crippen MR) is 101 cm³/mol. The van der Waals surface area contributed by atoms with Gasteiger partial charge in [0.1, 0.15) is 0 Å². The van der Waals surface area contributed by atoms with Crippen LogP contribution in [0.3, 0.4) is 0 Å². The van der Waals surface area contributed by atoms with Gasteiger partial charge in [0.05, 0.1) is 6.04 Å². The van der Waals surface area contributed by atoms with Crippen LogP contribution in [0.1, 0.15) is 57.1 Å². The summed E-state index contributed by atoms with van der Waals surface area (Å²) >= 11 is 0. The number of benzene rings is 1. The van der Waals surface area contributed by atoms with Crippen molar-refractivity contribution in [1.82, 2.24) is 10.2 Å². The number of rotatable bonds is 8. The van der Waals surface area contributed by atoms with Gasteiger partial charge in [-0.15, -0.1) is 0 Å². The van der Waals surface area contributed by atoms with Crippen molar-refractivity contribution in [2.45, 2.75) is 51.5 Å². The highest BCUT2D eigenvalue weighted by molar-refractivity contribution is 5.75. The molecular formula is C20H33N3O. The van der Waals surface area contributed by atoms with Crippen molar-refractivity contribution in [2.75, 3.05) is 38.6 Å². The van der Waals surface area contributed by atoms with E-state index in [1.807, 2.05) is 0 Å². The fourth-order valence-corrected chi connectivity index (χ4v) is 3.32. The lowest BCUT2D eigenvalue weighted by atomic mass is 10.0. The van der Waals surface area contributed by atoms with E-state index in [-0.39, 0.29) is 11.9 Å². The Morgan fingerprint density at radius 2 is 1.83 bits per heavy atom. The molecule has 0 saturated carbocycles. The maximum absolute atomic E-state index is 12.0. The summed E-state index contributed by atoms with van der Waals surface area (Å²) in [5, 5.41) is 3.16. The molecule has 134 valence electrons. The minimum atomic E-state index is 0.184. The maximum atomic E-state index is 12.0. The van der Waals surface area contributed by atoms with Crippen LogP contribution in [0.2, 0.25) is 0 Å². The van der Waals surface area contributed by atoms with Crippen LogP contribution in [0.5, 0.6) is 0 Å². The van der Waals surface area contributed by atoms with Crippen LogP contribution in [0, 0.1) is 0 Å². The van der Waals surface area contributed by atoms with Gasteiger partial charge < -0.3 is 10.2 Å². The van der Waals surface area contributed by atoms with E-state index in [0.29, 0.717) is 13.0 Å². The number of carbonyl (C=O) groups is 1. The Kier molecular flexibility index (Phi) is 7.57. The molecule has 1 aromatic rings. The third kappa shape index (κ3) is 5.52. The Morgan fingerprint density at radius 1 is 1.17 bits per heavy atom. The van der Waals surface area contributed by atoms with Crippen molar-refractivity contribution in [3.8, 4) is 0 Å². The minimum absolute atomic E-state index is 0.184. The summed E-state index contributed by atoms with van der Waals surface area (Å²) in [6.07, 6.45) is 6.52. The number of hydrogen-bond acceptors (Lipinski definition) is 3. The first-order valence-corrected chi connectivity index (χ1v) is 9.40. The second kappa shape index (κ2) is 9.67. The molecule has 1 amide bonds. The van der Waals surface area contributed by atoms with E-state index >= 15 is 0 Å². The maximum Gasteiger partial charge on any atom is 0.220 e. The summed E-state index contributed by atoms with van der Waals surface area (Å²) in [5.41, 5.74) is 2.52. The van der Waals surface area contributed by atoms with E-state index in [4.69, 9.17) is 0 Å². The fraction of sp³-hybridized carbons (Fsp3) is 0.650. The van der Waals surface area contributed by atoms with Gasteiger partial charge in [-0.1, -0.05) is 31.9 Å². The molecule has 0 aromatic heterocycles. The van der Waals surface area contributed by atoms with E-state index in [1.54, 1.807) is 0 Å². The zero-order chi connectivity index (χ0) is 17.4. The smallest absolute Gasteiger partial charge is 0.220 e. The lowest BCUT2D eigenvalue weighted by molar-refractivity contribution is -0.121. The number of hydrogen-bond donors (Lipinski definition) is 1. The van der Waals surface area contributed by atoms with E-state index in [2.05, 4.69) is 60.4 Å². The van der Waals surface area contributed by atoms with Crippen LogP contribution in [0.25, 0.3) is 0 Å². The summed E-state index contributed by atoms with van der Waals surface area (Å²) < 4.78 is 0. The molecule has 1 aliphatic rings. The van der Waals surface area contributed by atoms with Crippen LogP contribution in [-0.2, 0) is 4.79 Å². The third-order valence-electron chi connectivity index (χ3n) is 4.88. The quantitative estimate of drug-likeness (QED) is 0.791. The normalized spacial score (nSPS) is 16.6. The molecule has 4 nitrogen and oxygen atoms in total. The lowest BCUT2D eigenvalue weighted by Gasteiger charge is -2.35. The summed E-state index contributed by atoms with van der Waals surface area (Å²) in [6, 6.07) is 9.06. The monoisotopic (exact) mass is 331 g/mol. The van der Waals surface area contributed by atoms with E-state index in [1.165, 1.54) is 30.5 Å². The van der Waals surface area contributed by atoms with Crippen molar-refractivity contribution >= 4 is 11.6 Å². The van der Waals surface area contributed by atoms with Crippen LogP contribution >= 0.6 is 0 Å². The molecule has 24 heavy (non-hydrogen) atoms. The van der Waals surface area contributed by atoms with Gasteiger partial charge in [-0.3, -0.25) is 9.69 Å². The largest absolute Gasteiger partial charge is 0.378 e. The average Bonchev–Trinajstić information content (AvgIpc) is 2.61. The molecule has 2 rings (SSSR count). The van der Waals surface area contributed by atoms with E-state index < -0.39 is 0 Å². The van der Waals surface area contributed by atoms with Crippen LogP contribution in [0.15, 0.2) is 24.3 Å². The molecule has 0 bridgehead atoms. The first-order valence-electron chi connectivity index (χ1n) is 9.40. The first-order chi connectivity index (χ1) is 11.6. The Balaban J connectivity index is 2.05. The molecule has 4 heteroatoms. The standard InChI is InChI=1S/C20H33N3O/c1-4-5-9-20(24)21-16-19(23-14-7-6-8-15-23)17-10-12-18(13-11-17)22(2)3/h10-13,19H,4-9,14-16H2,1-3H3,(H,21,24). The molecule has 1 fully saturated rings. The second-order valence-electron chi connectivity index (χ2n) is 7.01.